The number of benzene rings is 2. The van der Waals surface area contributed by atoms with Crippen molar-refractivity contribution in [1.29, 1.82) is 0 Å². The van der Waals surface area contributed by atoms with Crippen LogP contribution in [0.25, 0.3) is 0 Å². The van der Waals surface area contributed by atoms with Crippen LogP contribution in [-0.4, -0.2) is 24.1 Å². The molecule has 0 saturated carbocycles. The van der Waals surface area contributed by atoms with Crippen LogP contribution in [0.15, 0.2) is 54.9 Å². The Bertz CT molecular complexity index is 1020. The second-order valence-corrected chi connectivity index (χ2v) is 6.00. The van der Waals surface area contributed by atoms with Gasteiger partial charge >= 0.3 is 0 Å². The number of hydrogen-bond acceptors (Lipinski definition) is 5. The molecule has 142 valence electrons. The fourth-order valence-electron chi connectivity index (χ4n) is 2.72. The smallest absolute Gasteiger partial charge is 0.257 e. The summed E-state index contributed by atoms with van der Waals surface area (Å²) in [6, 6.07) is 10.2. The lowest BCUT2D eigenvalue weighted by atomic mass is 10.2. The number of rotatable bonds is 4. The van der Waals surface area contributed by atoms with E-state index in [1.807, 2.05) is 0 Å². The molecule has 4 rings (SSSR count). The van der Waals surface area contributed by atoms with Crippen molar-refractivity contribution >= 4 is 23.0 Å². The molecule has 0 aliphatic carbocycles. The van der Waals surface area contributed by atoms with Crippen molar-refractivity contribution in [2.75, 3.05) is 23.8 Å². The second-order valence-electron chi connectivity index (χ2n) is 6.00. The number of halogens is 2. The first-order valence-corrected chi connectivity index (χ1v) is 8.47. The summed E-state index contributed by atoms with van der Waals surface area (Å²) in [7, 11) is 0. The zero-order chi connectivity index (χ0) is 19.5. The summed E-state index contributed by atoms with van der Waals surface area (Å²) in [4.78, 5) is 16.4. The SMILES string of the molecule is O=C(Nc1c(F)cccc1F)c1cncc(Nc2ccc3c(c2)OCCO3)c1. The van der Waals surface area contributed by atoms with E-state index in [2.05, 4.69) is 15.6 Å². The molecule has 0 saturated heterocycles. The van der Waals surface area contributed by atoms with E-state index >= 15 is 0 Å². The largest absolute Gasteiger partial charge is 0.486 e. The van der Waals surface area contributed by atoms with Crippen molar-refractivity contribution in [1.82, 2.24) is 4.98 Å². The van der Waals surface area contributed by atoms with Crippen LogP contribution in [0.1, 0.15) is 10.4 Å². The number of pyridine rings is 1. The van der Waals surface area contributed by atoms with E-state index in [0.717, 1.165) is 12.1 Å². The van der Waals surface area contributed by atoms with E-state index in [1.54, 1.807) is 18.2 Å². The van der Waals surface area contributed by atoms with Gasteiger partial charge in [-0.1, -0.05) is 6.07 Å². The average Bonchev–Trinajstić information content (AvgIpc) is 2.71. The van der Waals surface area contributed by atoms with E-state index in [-0.39, 0.29) is 5.56 Å². The molecule has 1 aromatic heterocycles. The molecule has 1 aliphatic rings. The molecule has 0 spiro atoms. The summed E-state index contributed by atoms with van der Waals surface area (Å²) in [6.07, 6.45) is 2.83. The van der Waals surface area contributed by atoms with Gasteiger partial charge in [-0.05, 0) is 30.3 Å². The molecule has 0 radical (unpaired) electrons. The molecule has 2 heterocycles. The third-order valence-corrected chi connectivity index (χ3v) is 4.03. The van der Waals surface area contributed by atoms with Crippen molar-refractivity contribution in [2.24, 2.45) is 0 Å². The van der Waals surface area contributed by atoms with E-state index in [9.17, 15) is 13.6 Å². The molecule has 0 bridgehead atoms. The molecule has 28 heavy (non-hydrogen) atoms. The zero-order valence-corrected chi connectivity index (χ0v) is 14.5. The molecule has 2 N–H and O–H groups in total. The van der Waals surface area contributed by atoms with Crippen LogP contribution in [0.2, 0.25) is 0 Å². The first-order valence-electron chi connectivity index (χ1n) is 8.47. The highest BCUT2D eigenvalue weighted by Crippen LogP contribution is 2.33. The Morgan fingerprint density at radius 3 is 2.46 bits per heavy atom. The van der Waals surface area contributed by atoms with Crippen LogP contribution in [0.5, 0.6) is 11.5 Å². The highest BCUT2D eigenvalue weighted by Gasteiger charge is 2.15. The lowest BCUT2D eigenvalue weighted by Gasteiger charge is -2.19. The summed E-state index contributed by atoms with van der Waals surface area (Å²) in [5.41, 5.74) is 0.880. The highest BCUT2D eigenvalue weighted by molar-refractivity contribution is 6.04. The number of hydrogen-bond donors (Lipinski definition) is 2. The molecule has 0 unspecified atom stereocenters. The Morgan fingerprint density at radius 1 is 0.929 bits per heavy atom. The molecular formula is C20H15F2N3O3. The Labute approximate surface area is 159 Å². The molecule has 1 amide bonds. The number of carbonyl (C=O) groups is 1. The quantitative estimate of drug-likeness (QED) is 0.709. The van der Waals surface area contributed by atoms with Crippen molar-refractivity contribution in [3.63, 3.8) is 0 Å². The van der Waals surface area contributed by atoms with Gasteiger partial charge in [-0.25, -0.2) is 8.78 Å². The van der Waals surface area contributed by atoms with Gasteiger partial charge in [0.25, 0.3) is 5.91 Å². The molecule has 0 atom stereocenters. The molecule has 6 nitrogen and oxygen atoms in total. The molecule has 2 aromatic carbocycles. The minimum atomic E-state index is -0.855. The van der Waals surface area contributed by atoms with Crippen LogP contribution in [0.3, 0.4) is 0 Å². The van der Waals surface area contributed by atoms with Gasteiger partial charge in [0, 0.05) is 18.0 Å². The minimum Gasteiger partial charge on any atom is -0.486 e. The molecule has 0 fully saturated rings. The van der Waals surface area contributed by atoms with E-state index in [4.69, 9.17) is 9.47 Å². The van der Waals surface area contributed by atoms with Crippen LogP contribution in [-0.2, 0) is 0 Å². The topological polar surface area (TPSA) is 72.5 Å². The van der Waals surface area contributed by atoms with Crippen LogP contribution >= 0.6 is 0 Å². The summed E-state index contributed by atoms with van der Waals surface area (Å²) < 4.78 is 38.5. The molecule has 8 heteroatoms. The summed E-state index contributed by atoms with van der Waals surface area (Å²) in [5.74, 6) is -1.11. The maximum atomic E-state index is 13.7. The van der Waals surface area contributed by atoms with Gasteiger partial charge in [0.05, 0.1) is 17.4 Å². The predicted molar refractivity (Wildman–Crippen MR) is 99.3 cm³/mol. The third-order valence-electron chi connectivity index (χ3n) is 4.03. The number of ether oxygens (including phenoxy) is 2. The summed E-state index contributed by atoms with van der Waals surface area (Å²) >= 11 is 0. The number of anilines is 3. The standard InChI is InChI=1S/C20H15F2N3O3/c21-15-2-1-3-16(22)19(15)25-20(26)12-8-14(11-23-10-12)24-13-4-5-17-18(9-13)28-7-6-27-17/h1-5,8-11,24H,6-7H2,(H,25,26). The van der Waals surface area contributed by atoms with Crippen molar-refractivity contribution in [3.8, 4) is 11.5 Å². The monoisotopic (exact) mass is 383 g/mol. The number of nitrogens with zero attached hydrogens (tertiary/aromatic N) is 1. The van der Waals surface area contributed by atoms with Crippen molar-refractivity contribution in [2.45, 2.75) is 0 Å². The summed E-state index contributed by atoms with van der Waals surface area (Å²) in [5, 5.41) is 5.34. The van der Waals surface area contributed by atoms with Crippen LogP contribution in [0, 0.1) is 11.6 Å². The Kier molecular flexibility index (Phi) is 4.76. The van der Waals surface area contributed by atoms with Gasteiger partial charge in [0.1, 0.15) is 30.5 Å². The van der Waals surface area contributed by atoms with Gasteiger partial charge in [-0.3, -0.25) is 9.78 Å². The van der Waals surface area contributed by atoms with Crippen LogP contribution < -0.4 is 20.1 Å². The Balaban J connectivity index is 1.52. The lowest BCUT2D eigenvalue weighted by molar-refractivity contribution is 0.102. The Hall–Kier alpha value is -3.68. The number of carbonyl (C=O) groups excluding carboxylic acids is 1. The predicted octanol–water partition coefficient (Wildman–Crippen LogP) is 4.13. The number of aromatic nitrogens is 1. The number of para-hydroxylation sites is 1. The first kappa shape index (κ1) is 17.7. The van der Waals surface area contributed by atoms with Gasteiger partial charge in [-0.15, -0.1) is 0 Å². The summed E-state index contributed by atoms with van der Waals surface area (Å²) in [6.45, 7) is 0.976. The number of amides is 1. The normalized spacial score (nSPS) is 12.4. The van der Waals surface area contributed by atoms with E-state index < -0.39 is 23.2 Å². The minimum absolute atomic E-state index is 0.144. The molecule has 3 aromatic rings. The molecular weight excluding hydrogens is 368 g/mol. The van der Waals surface area contributed by atoms with Gasteiger partial charge in [0.2, 0.25) is 0 Å². The number of fused-ring (bicyclic) bond motifs is 1. The van der Waals surface area contributed by atoms with Gasteiger partial charge in [0.15, 0.2) is 11.5 Å². The highest BCUT2D eigenvalue weighted by atomic mass is 19.1. The van der Waals surface area contributed by atoms with Crippen molar-refractivity contribution in [3.05, 3.63) is 72.1 Å². The fraction of sp³-hybridized carbons (Fsp3) is 0.100. The fourth-order valence-corrected chi connectivity index (χ4v) is 2.72. The lowest BCUT2D eigenvalue weighted by Crippen LogP contribution is -2.15. The van der Waals surface area contributed by atoms with Gasteiger partial charge in [-0.2, -0.15) is 0 Å². The maximum Gasteiger partial charge on any atom is 0.257 e. The Morgan fingerprint density at radius 2 is 1.68 bits per heavy atom. The van der Waals surface area contributed by atoms with Crippen LogP contribution in [0.4, 0.5) is 25.8 Å². The van der Waals surface area contributed by atoms with Gasteiger partial charge < -0.3 is 20.1 Å². The van der Waals surface area contributed by atoms with E-state index in [1.165, 1.54) is 24.5 Å². The first-order chi connectivity index (χ1) is 13.6. The number of nitrogens with one attached hydrogen (secondary N) is 2. The maximum absolute atomic E-state index is 13.7. The second kappa shape index (κ2) is 7.51. The van der Waals surface area contributed by atoms with E-state index in [0.29, 0.717) is 36.1 Å². The molecule has 1 aliphatic heterocycles. The zero-order valence-electron chi connectivity index (χ0n) is 14.5. The van der Waals surface area contributed by atoms with Crippen molar-refractivity contribution < 1.29 is 23.0 Å². The third kappa shape index (κ3) is 3.71. The average molecular weight is 383 g/mol.